The summed E-state index contributed by atoms with van der Waals surface area (Å²) >= 11 is 3.23. The third kappa shape index (κ3) is 3.99. The van der Waals surface area contributed by atoms with E-state index < -0.39 is 0 Å². The second-order valence-corrected chi connectivity index (χ2v) is 4.69. The summed E-state index contributed by atoms with van der Waals surface area (Å²) in [6.07, 6.45) is 3.18. The summed E-state index contributed by atoms with van der Waals surface area (Å²) in [7, 11) is 0. The summed E-state index contributed by atoms with van der Waals surface area (Å²) in [5, 5.41) is 5.14. The first-order valence-corrected chi connectivity index (χ1v) is 6.35. The molecule has 0 fully saturated rings. The van der Waals surface area contributed by atoms with Crippen LogP contribution in [0.25, 0.3) is 0 Å². The second-order valence-electron chi connectivity index (χ2n) is 3.77. The summed E-state index contributed by atoms with van der Waals surface area (Å²) in [5.74, 6) is 0.0437. The minimum absolute atomic E-state index is 0.0871. The molecule has 2 amide bonds. The van der Waals surface area contributed by atoms with Crippen LogP contribution in [0, 0.1) is 0 Å². The van der Waals surface area contributed by atoms with Crippen molar-refractivity contribution in [1.29, 1.82) is 0 Å². The molecule has 0 spiro atoms. The van der Waals surface area contributed by atoms with Gasteiger partial charge in [0.25, 0.3) is 5.91 Å². The van der Waals surface area contributed by atoms with Gasteiger partial charge in [-0.2, -0.15) is 0 Å². The average Bonchev–Trinajstić information content (AvgIpc) is 3.04. The van der Waals surface area contributed by atoms with Crippen molar-refractivity contribution < 1.29 is 14.0 Å². The lowest BCUT2D eigenvalue weighted by atomic mass is 10.4. The Morgan fingerprint density at radius 1 is 1.37 bits per heavy atom. The number of amides is 2. The Bertz CT molecular complexity index is 563. The van der Waals surface area contributed by atoms with Gasteiger partial charge in [0.2, 0.25) is 5.91 Å². The monoisotopic (exact) mass is 325 g/mol. The van der Waals surface area contributed by atoms with Gasteiger partial charge in [-0.05, 0) is 34.1 Å². The third-order valence-electron chi connectivity index (χ3n) is 2.34. The summed E-state index contributed by atoms with van der Waals surface area (Å²) in [4.78, 5) is 25.9. The van der Waals surface area contributed by atoms with Crippen molar-refractivity contribution in [2.75, 3.05) is 6.54 Å². The highest BCUT2D eigenvalue weighted by atomic mass is 79.9. The molecule has 0 unspecified atom stereocenters. The predicted molar refractivity (Wildman–Crippen MR) is 71.4 cm³/mol. The average molecular weight is 326 g/mol. The third-order valence-corrected chi connectivity index (χ3v) is 2.80. The number of rotatable bonds is 5. The summed E-state index contributed by atoms with van der Waals surface area (Å²) < 4.78 is 5.85. The van der Waals surface area contributed by atoms with Crippen LogP contribution in [0.5, 0.6) is 0 Å². The van der Waals surface area contributed by atoms with E-state index in [1.54, 1.807) is 24.4 Å². The van der Waals surface area contributed by atoms with E-state index in [1.165, 1.54) is 6.26 Å². The molecule has 0 aliphatic rings. The number of carbonyl (C=O) groups excluding carboxylic acids is 2. The van der Waals surface area contributed by atoms with Gasteiger partial charge in [0.15, 0.2) is 0 Å². The lowest BCUT2D eigenvalue weighted by Gasteiger charge is -2.04. The number of halogens is 1. The Morgan fingerprint density at radius 2 is 2.21 bits per heavy atom. The van der Waals surface area contributed by atoms with E-state index in [1.807, 2.05) is 0 Å². The van der Waals surface area contributed by atoms with Gasteiger partial charge in [0, 0.05) is 10.7 Å². The molecule has 0 aromatic carbocycles. The van der Waals surface area contributed by atoms with Crippen LogP contribution in [0.15, 0.2) is 39.5 Å². The number of aromatic nitrogens is 1. The molecule has 2 aromatic heterocycles. The molecular weight excluding hydrogens is 314 g/mol. The maximum absolute atomic E-state index is 11.6. The number of nitrogens with one attached hydrogen (secondary N) is 3. The molecule has 0 saturated carbocycles. The molecule has 0 aliphatic heterocycles. The Morgan fingerprint density at radius 3 is 2.84 bits per heavy atom. The van der Waals surface area contributed by atoms with Crippen molar-refractivity contribution in [2.45, 2.75) is 6.54 Å². The van der Waals surface area contributed by atoms with E-state index in [4.69, 9.17) is 4.42 Å². The van der Waals surface area contributed by atoms with Crippen LogP contribution in [0.1, 0.15) is 16.2 Å². The number of hydrogen-bond donors (Lipinski definition) is 3. The first-order valence-electron chi connectivity index (χ1n) is 5.56. The van der Waals surface area contributed by atoms with Gasteiger partial charge in [0.1, 0.15) is 11.5 Å². The summed E-state index contributed by atoms with van der Waals surface area (Å²) in [5.41, 5.74) is 0.394. The Labute approximate surface area is 117 Å². The van der Waals surface area contributed by atoms with Crippen LogP contribution in [0.4, 0.5) is 0 Å². The van der Waals surface area contributed by atoms with E-state index in [2.05, 4.69) is 31.5 Å². The zero-order chi connectivity index (χ0) is 13.7. The topological polar surface area (TPSA) is 87.1 Å². The van der Waals surface area contributed by atoms with Gasteiger partial charge in [0.05, 0.1) is 19.4 Å². The van der Waals surface area contributed by atoms with Crippen molar-refractivity contribution in [1.82, 2.24) is 15.6 Å². The highest BCUT2D eigenvalue weighted by Gasteiger charge is 2.09. The molecule has 2 rings (SSSR count). The zero-order valence-corrected chi connectivity index (χ0v) is 11.5. The Hall–Kier alpha value is -2.02. The first kappa shape index (κ1) is 13.4. The highest BCUT2D eigenvalue weighted by Crippen LogP contribution is 2.10. The molecule has 2 aromatic rings. The van der Waals surface area contributed by atoms with Gasteiger partial charge < -0.3 is 20.0 Å². The standard InChI is InChI=1S/C12H12BrN3O3/c13-8-4-10(14-5-8)12(18)16-7-11(17)15-6-9-2-1-3-19-9/h1-5,14H,6-7H2,(H,15,17)(H,16,18). The number of carbonyl (C=O) groups is 2. The molecule has 0 radical (unpaired) electrons. The lowest BCUT2D eigenvalue weighted by molar-refractivity contribution is -0.120. The minimum atomic E-state index is -0.334. The molecule has 0 atom stereocenters. The van der Waals surface area contributed by atoms with Crippen LogP contribution >= 0.6 is 15.9 Å². The largest absolute Gasteiger partial charge is 0.467 e. The van der Waals surface area contributed by atoms with Crippen molar-refractivity contribution in [3.05, 3.63) is 46.6 Å². The van der Waals surface area contributed by atoms with E-state index in [9.17, 15) is 9.59 Å². The quantitative estimate of drug-likeness (QED) is 0.776. The van der Waals surface area contributed by atoms with Crippen molar-refractivity contribution in [3.8, 4) is 0 Å². The van der Waals surface area contributed by atoms with Gasteiger partial charge >= 0.3 is 0 Å². The van der Waals surface area contributed by atoms with Crippen LogP contribution in [0.2, 0.25) is 0 Å². The molecule has 0 bridgehead atoms. The van der Waals surface area contributed by atoms with E-state index in [0.717, 1.165) is 4.47 Å². The van der Waals surface area contributed by atoms with Crippen molar-refractivity contribution in [2.24, 2.45) is 0 Å². The zero-order valence-electron chi connectivity index (χ0n) is 9.90. The van der Waals surface area contributed by atoms with Gasteiger partial charge in [-0.15, -0.1) is 0 Å². The van der Waals surface area contributed by atoms with E-state index in [-0.39, 0.29) is 18.4 Å². The lowest BCUT2D eigenvalue weighted by Crippen LogP contribution is -2.36. The number of H-pyrrole nitrogens is 1. The predicted octanol–water partition coefficient (Wildman–Crippen LogP) is 1.42. The van der Waals surface area contributed by atoms with Crippen LogP contribution in [-0.2, 0) is 11.3 Å². The SMILES string of the molecule is O=C(CNC(=O)c1cc(Br)c[nH]1)NCc1ccco1. The normalized spacial score (nSPS) is 10.2. The molecule has 0 aliphatic carbocycles. The van der Waals surface area contributed by atoms with Gasteiger partial charge in [-0.3, -0.25) is 9.59 Å². The highest BCUT2D eigenvalue weighted by molar-refractivity contribution is 9.10. The molecule has 6 nitrogen and oxygen atoms in total. The Balaban J connectivity index is 1.73. The van der Waals surface area contributed by atoms with E-state index in [0.29, 0.717) is 18.0 Å². The molecule has 19 heavy (non-hydrogen) atoms. The molecule has 0 saturated heterocycles. The van der Waals surface area contributed by atoms with Crippen LogP contribution in [0.3, 0.4) is 0 Å². The molecule has 100 valence electrons. The summed E-state index contributed by atoms with van der Waals surface area (Å²) in [6, 6.07) is 5.14. The fraction of sp³-hybridized carbons (Fsp3) is 0.167. The van der Waals surface area contributed by atoms with Crippen LogP contribution in [-0.4, -0.2) is 23.3 Å². The fourth-order valence-corrected chi connectivity index (χ4v) is 1.76. The van der Waals surface area contributed by atoms with Crippen molar-refractivity contribution >= 4 is 27.7 Å². The van der Waals surface area contributed by atoms with Crippen molar-refractivity contribution in [3.63, 3.8) is 0 Å². The summed E-state index contributed by atoms with van der Waals surface area (Å²) in [6.45, 7) is 0.214. The van der Waals surface area contributed by atoms with E-state index >= 15 is 0 Å². The molecule has 2 heterocycles. The fourth-order valence-electron chi connectivity index (χ4n) is 1.42. The second kappa shape index (κ2) is 6.24. The molecule has 7 heteroatoms. The maximum atomic E-state index is 11.6. The maximum Gasteiger partial charge on any atom is 0.268 e. The first-order chi connectivity index (χ1) is 9.15. The smallest absolute Gasteiger partial charge is 0.268 e. The Kier molecular flexibility index (Phi) is 4.40. The number of hydrogen-bond acceptors (Lipinski definition) is 3. The number of furan rings is 1. The molecular formula is C12H12BrN3O3. The number of aromatic amines is 1. The van der Waals surface area contributed by atoms with Gasteiger partial charge in [-0.25, -0.2) is 0 Å². The molecule has 3 N–H and O–H groups in total. The van der Waals surface area contributed by atoms with Gasteiger partial charge in [-0.1, -0.05) is 0 Å². The van der Waals surface area contributed by atoms with Crippen LogP contribution < -0.4 is 10.6 Å². The minimum Gasteiger partial charge on any atom is -0.467 e.